The third-order valence-corrected chi connectivity index (χ3v) is 1.61. The second-order valence-electron chi connectivity index (χ2n) is 2.58. The molecule has 52 valence electrons. The first-order valence-corrected chi connectivity index (χ1v) is 3.38. The number of nitrogens with one attached hydrogen (secondary N) is 1. The smallest absolute Gasteiger partial charge is 0.0271 e. The molecule has 0 fully saturated rings. The van der Waals surface area contributed by atoms with Crippen molar-refractivity contribution in [2.45, 2.75) is 6.92 Å². The molecule has 9 heavy (non-hydrogen) atoms. The Kier molecular flexibility index (Phi) is 2.11. The maximum absolute atomic E-state index is 3.29. The zero-order valence-corrected chi connectivity index (χ0v) is 6.15. The number of hydrogen-bond acceptors (Lipinski definition) is 2. The molecular weight excluding hydrogens is 112 g/mol. The van der Waals surface area contributed by atoms with E-state index in [1.54, 1.807) is 0 Å². The molecule has 0 unspecified atom stereocenters. The van der Waals surface area contributed by atoms with Crippen molar-refractivity contribution in [2.75, 3.05) is 26.7 Å². The Morgan fingerprint density at radius 2 is 2.44 bits per heavy atom. The van der Waals surface area contributed by atoms with Crippen LogP contribution in [0.3, 0.4) is 0 Å². The lowest BCUT2D eigenvalue weighted by atomic mass is 10.4. The molecule has 1 aliphatic heterocycles. The zero-order chi connectivity index (χ0) is 6.69. The summed E-state index contributed by atoms with van der Waals surface area (Å²) in [6, 6.07) is 0. The Balaban J connectivity index is 2.42. The third-order valence-electron chi connectivity index (χ3n) is 1.61. The molecule has 0 aromatic rings. The minimum atomic E-state index is 1.08. The van der Waals surface area contributed by atoms with Gasteiger partial charge in [-0.15, -0.1) is 0 Å². The minimum Gasteiger partial charge on any atom is -0.388 e. The van der Waals surface area contributed by atoms with Crippen LogP contribution in [0.25, 0.3) is 0 Å². The first-order chi connectivity index (χ1) is 4.29. The van der Waals surface area contributed by atoms with Crippen LogP contribution in [0.5, 0.6) is 0 Å². The summed E-state index contributed by atoms with van der Waals surface area (Å²) in [6.07, 6.45) is 2.22. The number of rotatable bonds is 0. The highest BCUT2D eigenvalue weighted by Gasteiger charge is 1.99. The van der Waals surface area contributed by atoms with E-state index >= 15 is 0 Å². The van der Waals surface area contributed by atoms with Crippen molar-refractivity contribution in [3.63, 3.8) is 0 Å². The molecule has 0 amide bonds. The van der Waals surface area contributed by atoms with Gasteiger partial charge >= 0.3 is 0 Å². The van der Waals surface area contributed by atoms with Gasteiger partial charge in [-0.25, -0.2) is 0 Å². The van der Waals surface area contributed by atoms with Gasteiger partial charge in [-0.3, -0.25) is 0 Å². The van der Waals surface area contributed by atoms with E-state index in [0.29, 0.717) is 0 Å². The largest absolute Gasteiger partial charge is 0.388 e. The second kappa shape index (κ2) is 2.87. The van der Waals surface area contributed by atoms with Crippen molar-refractivity contribution in [3.8, 4) is 0 Å². The Morgan fingerprint density at radius 1 is 1.67 bits per heavy atom. The van der Waals surface area contributed by atoms with Crippen molar-refractivity contribution >= 4 is 0 Å². The fourth-order valence-corrected chi connectivity index (χ4v) is 0.900. The van der Waals surface area contributed by atoms with Crippen molar-refractivity contribution in [1.29, 1.82) is 0 Å². The molecule has 0 saturated carbocycles. The summed E-state index contributed by atoms with van der Waals surface area (Å²) < 4.78 is 0. The van der Waals surface area contributed by atoms with Crippen LogP contribution in [0.15, 0.2) is 11.8 Å². The van der Waals surface area contributed by atoms with Crippen LogP contribution in [-0.2, 0) is 0 Å². The molecule has 1 heterocycles. The first kappa shape index (κ1) is 6.62. The number of nitrogens with zero attached hydrogens (tertiary/aromatic N) is 1. The van der Waals surface area contributed by atoms with Crippen LogP contribution in [0.4, 0.5) is 0 Å². The average Bonchev–Trinajstić information content (AvgIpc) is 1.97. The fourth-order valence-electron chi connectivity index (χ4n) is 0.900. The first-order valence-electron chi connectivity index (χ1n) is 3.38. The molecule has 0 spiro atoms. The van der Waals surface area contributed by atoms with Crippen LogP contribution in [0, 0.1) is 0 Å². The molecule has 0 aliphatic carbocycles. The minimum absolute atomic E-state index is 1.08. The van der Waals surface area contributed by atoms with Crippen molar-refractivity contribution in [2.24, 2.45) is 0 Å². The van der Waals surface area contributed by atoms with E-state index in [4.69, 9.17) is 0 Å². The number of hydrogen-bond donors (Lipinski definition) is 1. The van der Waals surface area contributed by atoms with E-state index in [9.17, 15) is 0 Å². The molecule has 1 rings (SSSR count). The highest BCUT2D eigenvalue weighted by Crippen LogP contribution is 1.93. The highest BCUT2D eigenvalue weighted by molar-refractivity contribution is 4.98. The molecule has 0 radical (unpaired) electrons. The zero-order valence-electron chi connectivity index (χ0n) is 6.15. The van der Waals surface area contributed by atoms with E-state index in [0.717, 1.165) is 19.6 Å². The monoisotopic (exact) mass is 126 g/mol. The molecule has 0 bridgehead atoms. The predicted octanol–water partition coefficient (Wildman–Crippen LogP) is 0.425. The fraction of sp³-hybridized carbons (Fsp3) is 0.714. The number of likely N-dealkylation sites (N-methyl/N-ethyl adjacent to an activating group) is 1. The van der Waals surface area contributed by atoms with E-state index in [1.165, 1.54) is 5.70 Å². The third kappa shape index (κ3) is 2.06. The Bertz CT molecular complexity index is 118. The predicted molar refractivity (Wildman–Crippen MR) is 39.3 cm³/mol. The molecule has 2 heteroatoms. The van der Waals surface area contributed by atoms with Crippen LogP contribution < -0.4 is 5.32 Å². The standard InChI is InChI=1S/C7H14N2/c1-7-3-5-9(2)6-4-8-7/h3,8H,4-6H2,1-2H3. The lowest BCUT2D eigenvalue weighted by molar-refractivity contribution is 0.381. The molecule has 1 N–H and O–H groups in total. The van der Waals surface area contributed by atoms with Gasteiger partial charge < -0.3 is 10.2 Å². The van der Waals surface area contributed by atoms with Crippen molar-refractivity contribution in [3.05, 3.63) is 11.8 Å². The lowest BCUT2D eigenvalue weighted by Crippen LogP contribution is -2.24. The van der Waals surface area contributed by atoms with E-state index in [1.807, 2.05) is 0 Å². The number of allylic oxidation sites excluding steroid dienone is 1. The molecule has 0 aromatic carbocycles. The van der Waals surface area contributed by atoms with Crippen molar-refractivity contribution < 1.29 is 0 Å². The SMILES string of the molecule is CC1=CCN(C)CCN1. The topological polar surface area (TPSA) is 15.3 Å². The van der Waals surface area contributed by atoms with Crippen molar-refractivity contribution in [1.82, 2.24) is 10.2 Å². The van der Waals surface area contributed by atoms with Gasteiger partial charge in [-0.05, 0) is 14.0 Å². The quantitative estimate of drug-likeness (QED) is 0.506. The van der Waals surface area contributed by atoms with Gasteiger partial charge in [-0.2, -0.15) is 0 Å². The summed E-state index contributed by atoms with van der Waals surface area (Å²) in [5.41, 5.74) is 1.30. The van der Waals surface area contributed by atoms with E-state index in [-0.39, 0.29) is 0 Å². The average molecular weight is 126 g/mol. The molecule has 2 nitrogen and oxygen atoms in total. The van der Waals surface area contributed by atoms with E-state index < -0.39 is 0 Å². The Labute approximate surface area is 56.5 Å². The summed E-state index contributed by atoms with van der Waals surface area (Å²) in [5.74, 6) is 0. The summed E-state index contributed by atoms with van der Waals surface area (Å²) in [7, 11) is 2.14. The van der Waals surface area contributed by atoms with E-state index in [2.05, 4.69) is 30.3 Å². The van der Waals surface area contributed by atoms with Gasteiger partial charge in [0.25, 0.3) is 0 Å². The van der Waals surface area contributed by atoms with Gasteiger partial charge in [-0.1, -0.05) is 6.08 Å². The highest BCUT2D eigenvalue weighted by atomic mass is 15.1. The van der Waals surface area contributed by atoms with Crippen LogP contribution in [0.1, 0.15) is 6.92 Å². The van der Waals surface area contributed by atoms with Crippen LogP contribution in [0.2, 0.25) is 0 Å². The van der Waals surface area contributed by atoms with Gasteiger partial charge in [0.05, 0.1) is 0 Å². The van der Waals surface area contributed by atoms with Crippen LogP contribution in [-0.4, -0.2) is 31.6 Å². The maximum Gasteiger partial charge on any atom is 0.0271 e. The molecule has 0 atom stereocenters. The maximum atomic E-state index is 3.29. The summed E-state index contributed by atoms with van der Waals surface area (Å²) in [5, 5.41) is 3.29. The van der Waals surface area contributed by atoms with Gasteiger partial charge in [0.2, 0.25) is 0 Å². The molecule has 0 saturated heterocycles. The van der Waals surface area contributed by atoms with Gasteiger partial charge in [0.1, 0.15) is 0 Å². The molecular formula is C7H14N2. The lowest BCUT2D eigenvalue weighted by Gasteiger charge is -2.09. The summed E-state index contributed by atoms with van der Waals surface area (Å²) in [6.45, 7) is 5.42. The second-order valence-corrected chi connectivity index (χ2v) is 2.58. The molecule has 1 aliphatic rings. The molecule has 0 aromatic heterocycles. The van der Waals surface area contributed by atoms with Crippen LogP contribution >= 0.6 is 0 Å². The normalized spacial score (nSPS) is 22.2. The summed E-state index contributed by atoms with van der Waals surface area (Å²) >= 11 is 0. The Morgan fingerprint density at radius 3 is 3.22 bits per heavy atom. The van der Waals surface area contributed by atoms with Gasteiger partial charge in [0, 0.05) is 25.3 Å². The Hall–Kier alpha value is -0.500. The summed E-state index contributed by atoms with van der Waals surface area (Å²) in [4.78, 5) is 2.30. The van der Waals surface area contributed by atoms with Gasteiger partial charge in [0.15, 0.2) is 0 Å².